The first kappa shape index (κ1) is 13.8. The largest absolute Gasteiger partial charge is 0.374 e. The lowest BCUT2D eigenvalue weighted by atomic mass is 10.1. The molecule has 0 fully saturated rings. The van der Waals surface area contributed by atoms with E-state index in [4.69, 9.17) is 17.0 Å². The second-order valence-corrected chi connectivity index (χ2v) is 5.10. The zero-order chi connectivity index (χ0) is 12.1. The van der Waals surface area contributed by atoms with Gasteiger partial charge in [0.05, 0.1) is 4.47 Å². The number of ether oxygens (including phenoxy) is 1. The van der Waals surface area contributed by atoms with Gasteiger partial charge in [0, 0.05) is 12.3 Å². The minimum atomic E-state index is 0.379. The molecule has 0 amide bonds. The van der Waals surface area contributed by atoms with Gasteiger partial charge in [-0.25, -0.2) is 4.98 Å². The predicted octanol–water partition coefficient (Wildman–Crippen LogP) is 3.95. The number of nitrogens with zero attached hydrogens (tertiary/aromatic N) is 1. The number of hydrogen-bond donors (Lipinski definition) is 1. The van der Waals surface area contributed by atoms with Crippen molar-refractivity contribution in [3.8, 4) is 0 Å². The van der Waals surface area contributed by atoms with E-state index in [-0.39, 0.29) is 0 Å². The Morgan fingerprint density at radius 1 is 1.50 bits per heavy atom. The number of rotatable bonds is 5. The van der Waals surface area contributed by atoms with Crippen molar-refractivity contribution < 1.29 is 4.74 Å². The van der Waals surface area contributed by atoms with E-state index in [1.807, 2.05) is 0 Å². The summed E-state index contributed by atoms with van der Waals surface area (Å²) in [5.41, 5.74) is 1.08. The summed E-state index contributed by atoms with van der Waals surface area (Å²) in [6.07, 6.45) is 1.01. The van der Waals surface area contributed by atoms with Crippen LogP contribution in [0.1, 0.15) is 44.6 Å². The van der Waals surface area contributed by atoms with E-state index in [0.29, 0.717) is 17.2 Å². The molecule has 0 atom stereocenters. The molecule has 90 valence electrons. The van der Waals surface area contributed by atoms with E-state index in [2.05, 4.69) is 46.7 Å². The van der Waals surface area contributed by atoms with Crippen LogP contribution in [0.25, 0.3) is 0 Å². The Morgan fingerprint density at radius 3 is 2.75 bits per heavy atom. The SMILES string of the molecule is CCCOCc1nc(=S)c(Br)c(C(C)C)[nH]1. The van der Waals surface area contributed by atoms with Gasteiger partial charge in [-0.2, -0.15) is 0 Å². The number of aromatic amines is 1. The highest BCUT2D eigenvalue weighted by Gasteiger charge is 2.09. The van der Waals surface area contributed by atoms with E-state index in [0.717, 1.165) is 29.0 Å². The molecule has 0 bridgehead atoms. The topological polar surface area (TPSA) is 37.9 Å². The Balaban J connectivity index is 2.91. The van der Waals surface area contributed by atoms with Crippen LogP contribution in [0.5, 0.6) is 0 Å². The second kappa shape index (κ2) is 6.47. The van der Waals surface area contributed by atoms with Crippen molar-refractivity contribution in [2.75, 3.05) is 6.61 Å². The predicted molar refractivity (Wildman–Crippen MR) is 71.2 cm³/mol. The van der Waals surface area contributed by atoms with Crippen molar-refractivity contribution in [2.45, 2.75) is 39.7 Å². The molecule has 0 saturated carbocycles. The molecule has 1 heterocycles. The fourth-order valence-corrected chi connectivity index (χ4v) is 2.17. The van der Waals surface area contributed by atoms with Crippen molar-refractivity contribution in [2.24, 2.45) is 0 Å². The molecular formula is C11H17BrN2OS. The van der Waals surface area contributed by atoms with Gasteiger partial charge in [0.1, 0.15) is 17.1 Å². The van der Waals surface area contributed by atoms with Gasteiger partial charge in [0.2, 0.25) is 0 Å². The van der Waals surface area contributed by atoms with E-state index in [9.17, 15) is 0 Å². The van der Waals surface area contributed by atoms with Crippen molar-refractivity contribution >= 4 is 28.1 Å². The Hall–Kier alpha value is -0.260. The molecule has 5 heteroatoms. The first-order valence-corrected chi connectivity index (χ1v) is 6.62. The third-order valence-corrected chi connectivity index (χ3v) is 3.46. The first-order chi connectivity index (χ1) is 7.56. The van der Waals surface area contributed by atoms with Crippen LogP contribution in [0.2, 0.25) is 0 Å². The van der Waals surface area contributed by atoms with E-state index in [1.54, 1.807) is 0 Å². The van der Waals surface area contributed by atoms with Gasteiger partial charge in [-0.15, -0.1) is 0 Å². The van der Waals surface area contributed by atoms with Gasteiger partial charge in [0.15, 0.2) is 0 Å². The van der Waals surface area contributed by atoms with E-state index >= 15 is 0 Å². The van der Waals surface area contributed by atoms with E-state index < -0.39 is 0 Å². The lowest BCUT2D eigenvalue weighted by molar-refractivity contribution is 0.115. The molecule has 0 aliphatic carbocycles. The molecule has 0 aliphatic heterocycles. The summed E-state index contributed by atoms with van der Waals surface area (Å²) in [6, 6.07) is 0. The normalized spacial score (nSPS) is 11.1. The second-order valence-electron chi connectivity index (χ2n) is 3.92. The molecule has 0 aliphatic rings. The van der Waals surface area contributed by atoms with Crippen LogP contribution in [-0.2, 0) is 11.3 Å². The Morgan fingerprint density at radius 2 is 2.19 bits per heavy atom. The van der Waals surface area contributed by atoms with Crippen LogP contribution in [0, 0.1) is 4.64 Å². The lowest BCUT2D eigenvalue weighted by Crippen LogP contribution is -2.05. The monoisotopic (exact) mass is 304 g/mol. The average Bonchev–Trinajstić information content (AvgIpc) is 2.23. The number of H-pyrrole nitrogens is 1. The molecular weight excluding hydrogens is 288 g/mol. The minimum Gasteiger partial charge on any atom is -0.374 e. The van der Waals surface area contributed by atoms with E-state index in [1.165, 1.54) is 0 Å². The summed E-state index contributed by atoms with van der Waals surface area (Å²) < 4.78 is 6.92. The van der Waals surface area contributed by atoms with Crippen molar-refractivity contribution in [1.82, 2.24) is 9.97 Å². The third-order valence-electron chi connectivity index (χ3n) is 2.10. The third kappa shape index (κ3) is 3.64. The molecule has 1 aromatic rings. The van der Waals surface area contributed by atoms with Crippen LogP contribution in [0.4, 0.5) is 0 Å². The standard InChI is InChI=1S/C11H17BrN2OS/c1-4-5-15-6-8-13-10(7(2)3)9(12)11(16)14-8/h7H,4-6H2,1-3H3,(H,13,14,16). The summed E-state index contributed by atoms with van der Waals surface area (Å²) in [7, 11) is 0. The molecule has 3 nitrogen and oxygen atoms in total. The molecule has 16 heavy (non-hydrogen) atoms. The van der Waals surface area contributed by atoms with Crippen molar-refractivity contribution in [1.29, 1.82) is 0 Å². The van der Waals surface area contributed by atoms with Crippen LogP contribution in [-0.4, -0.2) is 16.6 Å². The molecule has 1 aromatic heterocycles. The molecule has 0 spiro atoms. The summed E-state index contributed by atoms with van der Waals surface area (Å²) in [6.45, 7) is 7.54. The molecule has 0 saturated heterocycles. The minimum absolute atomic E-state index is 0.379. The van der Waals surface area contributed by atoms with Gasteiger partial charge in [-0.1, -0.05) is 33.0 Å². The number of aromatic nitrogens is 2. The smallest absolute Gasteiger partial charge is 0.144 e. The summed E-state index contributed by atoms with van der Waals surface area (Å²) >= 11 is 8.65. The first-order valence-electron chi connectivity index (χ1n) is 5.42. The highest BCUT2D eigenvalue weighted by Crippen LogP contribution is 2.23. The summed E-state index contributed by atoms with van der Waals surface area (Å²) in [4.78, 5) is 7.54. The van der Waals surface area contributed by atoms with Gasteiger partial charge in [-0.05, 0) is 28.3 Å². The van der Waals surface area contributed by atoms with Gasteiger partial charge < -0.3 is 9.72 Å². The van der Waals surface area contributed by atoms with Crippen LogP contribution in [0.15, 0.2) is 4.47 Å². The zero-order valence-electron chi connectivity index (χ0n) is 9.84. The van der Waals surface area contributed by atoms with Gasteiger partial charge in [0.25, 0.3) is 0 Å². The molecule has 1 N–H and O–H groups in total. The number of nitrogens with one attached hydrogen (secondary N) is 1. The van der Waals surface area contributed by atoms with Gasteiger partial charge >= 0.3 is 0 Å². The lowest BCUT2D eigenvalue weighted by Gasteiger charge is -2.11. The fourth-order valence-electron chi connectivity index (χ4n) is 1.30. The fraction of sp³-hybridized carbons (Fsp3) is 0.636. The zero-order valence-corrected chi connectivity index (χ0v) is 12.2. The quantitative estimate of drug-likeness (QED) is 0.661. The van der Waals surface area contributed by atoms with Crippen molar-refractivity contribution in [3.05, 3.63) is 20.6 Å². The summed E-state index contributed by atoms with van der Waals surface area (Å²) in [5.74, 6) is 1.18. The Kier molecular flexibility index (Phi) is 5.58. The average molecular weight is 305 g/mol. The molecule has 0 unspecified atom stereocenters. The number of halogens is 1. The molecule has 1 rings (SSSR count). The highest BCUT2D eigenvalue weighted by molar-refractivity contribution is 9.10. The number of hydrogen-bond acceptors (Lipinski definition) is 3. The Labute approximate surface area is 110 Å². The van der Waals surface area contributed by atoms with Crippen molar-refractivity contribution in [3.63, 3.8) is 0 Å². The Bertz CT molecular complexity index is 403. The maximum atomic E-state index is 5.44. The maximum absolute atomic E-state index is 5.44. The van der Waals surface area contributed by atoms with Gasteiger partial charge in [-0.3, -0.25) is 0 Å². The molecule has 0 radical (unpaired) electrons. The summed E-state index contributed by atoms with van der Waals surface area (Å²) in [5, 5.41) is 0. The highest BCUT2D eigenvalue weighted by atomic mass is 79.9. The maximum Gasteiger partial charge on any atom is 0.144 e. The van der Waals surface area contributed by atoms with Crippen LogP contribution < -0.4 is 0 Å². The van der Waals surface area contributed by atoms with Crippen LogP contribution >= 0.6 is 28.1 Å². The van der Waals surface area contributed by atoms with Crippen LogP contribution in [0.3, 0.4) is 0 Å². The molecule has 0 aromatic carbocycles.